The summed E-state index contributed by atoms with van der Waals surface area (Å²) in [6, 6.07) is 18.4. The first-order valence-corrected chi connectivity index (χ1v) is 7.70. The Hall–Kier alpha value is -2.10. The molecule has 3 rings (SSSR count). The first-order valence-electron chi connectivity index (χ1n) is 7.70. The molecule has 1 heterocycles. The fourth-order valence-electron chi connectivity index (χ4n) is 2.82. The number of hydrogen-bond donors (Lipinski definition) is 2. The number of hydrogen-bond acceptors (Lipinski definition) is 3. The molecule has 3 nitrogen and oxygen atoms in total. The molecule has 0 amide bonds. The third-order valence-electron chi connectivity index (χ3n) is 4.02. The van der Waals surface area contributed by atoms with Crippen molar-refractivity contribution in [2.24, 2.45) is 0 Å². The van der Waals surface area contributed by atoms with Gasteiger partial charge < -0.3 is 14.8 Å². The van der Waals surface area contributed by atoms with Crippen LogP contribution in [-0.4, -0.2) is 18.3 Å². The van der Waals surface area contributed by atoms with Gasteiger partial charge in [0.1, 0.15) is 5.58 Å². The number of para-hydroxylation sites is 1. The van der Waals surface area contributed by atoms with Crippen molar-refractivity contribution in [2.75, 3.05) is 13.2 Å². The Balaban J connectivity index is 1.63. The summed E-state index contributed by atoms with van der Waals surface area (Å²) in [5, 5.41) is 13.9. The number of fused-ring (bicyclic) bond motifs is 1. The van der Waals surface area contributed by atoms with Crippen LogP contribution in [-0.2, 0) is 6.54 Å². The zero-order valence-corrected chi connectivity index (χ0v) is 12.5. The summed E-state index contributed by atoms with van der Waals surface area (Å²) in [7, 11) is 0. The van der Waals surface area contributed by atoms with Gasteiger partial charge in [0.2, 0.25) is 0 Å². The summed E-state index contributed by atoms with van der Waals surface area (Å²) in [5.41, 5.74) is 3.36. The highest BCUT2D eigenvalue weighted by molar-refractivity contribution is 5.80. The maximum atomic E-state index is 9.28. The van der Waals surface area contributed by atoms with E-state index in [2.05, 4.69) is 23.5 Å². The average Bonchev–Trinajstić information content (AvgIpc) is 2.98. The lowest BCUT2D eigenvalue weighted by Gasteiger charge is -2.17. The molecule has 114 valence electrons. The molecule has 2 aromatic carbocycles. The second-order valence-electron chi connectivity index (χ2n) is 5.51. The molecule has 2 N–H and O–H groups in total. The van der Waals surface area contributed by atoms with Crippen LogP contribution in [0.15, 0.2) is 65.3 Å². The average molecular weight is 295 g/mol. The maximum absolute atomic E-state index is 9.28. The third kappa shape index (κ3) is 3.38. The van der Waals surface area contributed by atoms with Crippen LogP contribution in [0.2, 0.25) is 0 Å². The van der Waals surface area contributed by atoms with E-state index in [0.29, 0.717) is 5.92 Å². The van der Waals surface area contributed by atoms with Crippen LogP contribution in [0.4, 0.5) is 0 Å². The quantitative estimate of drug-likeness (QED) is 0.699. The molecule has 1 atom stereocenters. The van der Waals surface area contributed by atoms with Crippen molar-refractivity contribution < 1.29 is 9.52 Å². The molecule has 3 heteroatoms. The van der Waals surface area contributed by atoms with E-state index < -0.39 is 0 Å². The predicted octanol–water partition coefficient (Wildman–Crippen LogP) is 3.69. The van der Waals surface area contributed by atoms with Crippen LogP contribution >= 0.6 is 0 Å². The number of aliphatic hydroxyl groups excluding tert-OH is 1. The molecule has 0 bridgehead atoms. The molecular weight excluding hydrogens is 274 g/mol. The van der Waals surface area contributed by atoms with Crippen LogP contribution in [0.5, 0.6) is 0 Å². The van der Waals surface area contributed by atoms with Crippen molar-refractivity contribution in [3.63, 3.8) is 0 Å². The van der Waals surface area contributed by atoms with Crippen molar-refractivity contribution >= 4 is 11.0 Å². The van der Waals surface area contributed by atoms with Crippen molar-refractivity contribution in [1.82, 2.24) is 5.32 Å². The molecule has 0 saturated heterocycles. The van der Waals surface area contributed by atoms with Gasteiger partial charge in [-0.05, 0) is 24.0 Å². The summed E-state index contributed by atoms with van der Waals surface area (Å²) in [6.07, 6.45) is 2.59. The maximum Gasteiger partial charge on any atom is 0.134 e. The molecule has 0 radical (unpaired) electrons. The second kappa shape index (κ2) is 7.25. The van der Waals surface area contributed by atoms with Gasteiger partial charge in [-0.1, -0.05) is 48.5 Å². The Morgan fingerprint density at radius 3 is 2.59 bits per heavy atom. The fourth-order valence-corrected chi connectivity index (χ4v) is 2.82. The standard InChI is InChI=1S/C19H21NO2/c21-11-10-16(15-6-2-1-3-7-15)12-20-13-17-14-22-19-9-5-4-8-18(17)19/h1-9,14,16,20-21H,10-13H2. The van der Waals surface area contributed by atoms with Gasteiger partial charge >= 0.3 is 0 Å². The topological polar surface area (TPSA) is 45.4 Å². The van der Waals surface area contributed by atoms with Crippen molar-refractivity contribution in [1.29, 1.82) is 0 Å². The van der Waals surface area contributed by atoms with E-state index in [1.54, 1.807) is 0 Å². The number of aliphatic hydroxyl groups is 1. The number of furan rings is 1. The Morgan fingerprint density at radius 2 is 1.77 bits per heavy atom. The van der Waals surface area contributed by atoms with Gasteiger partial charge in [-0.15, -0.1) is 0 Å². The van der Waals surface area contributed by atoms with Gasteiger partial charge in [0.05, 0.1) is 6.26 Å². The second-order valence-corrected chi connectivity index (χ2v) is 5.51. The zero-order chi connectivity index (χ0) is 15.2. The third-order valence-corrected chi connectivity index (χ3v) is 4.02. The zero-order valence-electron chi connectivity index (χ0n) is 12.5. The smallest absolute Gasteiger partial charge is 0.134 e. The summed E-state index contributed by atoms with van der Waals surface area (Å²) in [5.74, 6) is 0.323. The molecular formula is C19H21NO2. The molecule has 22 heavy (non-hydrogen) atoms. The van der Waals surface area contributed by atoms with Gasteiger partial charge in [-0.3, -0.25) is 0 Å². The normalized spacial score (nSPS) is 12.6. The molecule has 0 fully saturated rings. The molecule has 1 unspecified atom stereocenters. The monoisotopic (exact) mass is 295 g/mol. The first kappa shape index (κ1) is 14.8. The van der Waals surface area contributed by atoms with Gasteiger partial charge in [-0.25, -0.2) is 0 Å². The highest BCUT2D eigenvalue weighted by Gasteiger charge is 2.11. The van der Waals surface area contributed by atoms with E-state index in [1.807, 2.05) is 42.7 Å². The van der Waals surface area contributed by atoms with E-state index in [4.69, 9.17) is 4.42 Å². The fraction of sp³-hybridized carbons (Fsp3) is 0.263. The number of benzene rings is 2. The lowest BCUT2D eigenvalue weighted by molar-refractivity contribution is 0.273. The minimum absolute atomic E-state index is 0.204. The first-order chi connectivity index (χ1) is 10.9. The van der Waals surface area contributed by atoms with E-state index in [9.17, 15) is 5.11 Å². The minimum Gasteiger partial charge on any atom is -0.464 e. The molecule has 0 aliphatic rings. The van der Waals surface area contributed by atoms with Gasteiger partial charge in [0.25, 0.3) is 0 Å². The summed E-state index contributed by atoms with van der Waals surface area (Å²) >= 11 is 0. The molecule has 0 aliphatic heterocycles. The largest absolute Gasteiger partial charge is 0.464 e. The SMILES string of the molecule is OCCC(CNCc1coc2ccccc12)c1ccccc1. The van der Waals surface area contributed by atoms with Crippen LogP contribution in [0.25, 0.3) is 11.0 Å². The van der Waals surface area contributed by atoms with Crippen LogP contribution < -0.4 is 5.32 Å². The molecule has 1 aromatic heterocycles. The predicted molar refractivity (Wildman–Crippen MR) is 88.8 cm³/mol. The van der Waals surface area contributed by atoms with E-state index in [0.717, 1.165) is 30.5 Å². The van der Waals surface area contributed by atoms with Gasteiger partial charge in [0, 0.05) is 30.6 Å². The van der Waals surface area contributed by atoms with E-state index in [1.165, 1.54) is 11.1 Å². The summed E-state index contributed by atoms with van der Waals surface area (Å²) in [6.45, 7) is 1.81. The van der Waals surface area contributed by atoms with Crippen molar-refractivity contribution in [3.05, 3.63) is 72.0 Å². The highest BCUT2D eigenvalue weighted by Crippen LogP contribution is 2.21. The lowest BCUT2D eigenvalue weighted by Crippen LogP contribution is -2.22. The number of rotatable bonds is 7. The Bertz CT molecular complexity index is 706. The lowest BCUT2D eigenvalue weighted by atomic mass is 9.96. The molecule has 0 saturated carbocycles. The van der Waals surface area contributed by atoms with Gasteiger partial charge in [-0.2, -0.15) is 0 Å². The van der Waals surface area contributed by atoms with Crippen LogP contribution in [0, 0.1) is 0 Å². The van der Waals surface area contributed by atoms with Crippen LogP contribution in [0.3, 0.4) is 0 Å². The van der Waals surface area contributed by atoms with E-state index >= 15 is 0 Å². The summed E-state index contributed by atoms with van der Waals surface area (Å²) in [4.78, 5) is 0. The summed E-state index contributed by atoms with van der Waals surface area (Å²) < 4.78 is 5.56. The van der Waals surface area contributed by atoms with Crippen LogP contribution in [0.1, 0.15) is 23.5 Å². The highest BCUT2D eigenvalue weighted by atomic mass is 16.3. The number of nitrogens with one attached hydrogen (secondary N) is 1. The molecule has 0 spiro atoms. The Labute approximate surface area is 130 Å². The van der Waals surface area contributed by atoms with Gasteiger partial charge in [0.15, 0.2) is 0 Å². The van der Waals surface area contributed by atoms with E-state index in [-0.39, 0.29) is 6.61 Å². The molecule has 0 aliphatic carbocycles. The Kier molecular flexibility index (Phi) is 4.88. The Morgan fingerprint density at radius 1 is 1.00 bits per heavy atom. The van der Waals surface area contributed by atoms with Crippen molar-refractivity contribution in [3.8, 4) is 0 Å². The van der Waals surface area contributed by atoms with Crippen molar-refractivity contribution in [2.45, 2.75) is 18.9 Å². The minimum atomic E-state index is 0.204. The molecule has 3 aromatic rings.